The molecule has 1 aliphatic carbocycles. The van der Waals surface area contributed by atoms with E-state index in [1.54, 1.807) is 12.1 Å². The molecule has 1 saturated carbocycles. The van der Waals surface area contributed by atoms with E-state index in [-0.39, 0.29) is 17.1 Å². The molecule has 0 bridgehead atoms. The number of aromatic hydroxyl groups is 1. The maximum absolute atomic E-state index is 13.3. The van der Waals surface area contributed by atoms with Gasteiger partial charge >= 0.3 is 0 Å². The Balaban J connectivity index is 1.42. The summed E-state index contributed by atoms with van der Waals surface area (Å²) in [6.45, 7) is 1.85. The molecule has 3 aromatic rings. The number of rotatable bonds is 7. The summed E-state index contributed by atoms with van der Waals surface area (Å²) in [5.74, 6) is 0.424. The predicted octanol–water partition coefficient (Wildman–Crippen LogP) is 4.90. The molecule has 3 N–H and O–H groups in total. The van der Waals surface area contributed by atoms with Gasteiger partial charge in [-0.25, -0.2) is 0 Å². The van der Waals surface area contributed by atoms with Crippen molar-refractivity contribution in [2.45, 2.75) is 45.2 Å². The zero-order valence-corrected chi connectivity index (χ0v) is 17.4. The third-order valence-corrected chi connectivity index (χ3v) is 6.31. The molecule has 4 heteroatoms. The van der Waals surface area contributed by atoms with E-state index >= 15 is 0 Å². The third kappa shape index (κ3) is 4.65. The molecule has 4 rings (SSSR count). The van der Waals surface area contributed by atoms with Crippen LogP contribution in [0.15, 0.2) is 66.7 Å². The van der Waals surface area contributed by atoms with Crippen LogP contribution in [0, 0.1) is 5.41 Å². The molecule has 0 aliphatic heterocycles. The molecular weight excluding hydrogens is 372 g/mol. The molecule has 0 unspecified atom stereocenters. The first-order valence-corrected chi connectivity index (χ1v) is 10.9. The van der Waals surface area contributed by atoms with Crippen LogP contribution in [0.5, 0.6) is 5.75 Å². The minimum Gasteiger partial charge on any atom is -0.508 e. The summed E-state index contributed by atoms with van der Waals surface area (Å²) in [6, 6.07) is 21.8. The normalized spacial score (nSPS) is 15.7. The van der Waals surface area contributed by atoms with Crippen molar-refractivity contribution in [2.75, 3.05) is 6.54 Å². The van der Waals surface area contributed by atoms with Gasteiger partial charge in [-0.3, -0.25) is 4.79 Å². The fourth-order valence-electron chi connectivity index (χ4n) is 4.63. The van der Waals surface area contributed by atoms with E-state index in [1.807, 2.05) is 24.3 Å². The first-order chi connectivity index (χ1) is 14.7. The summed E-state index contributed by atoms with van der Waals surface area (Å²) >= 11 is 0. The minimum absolute atomic E-state index is 0.151. The second-order valence-corrected chi connectivity index (χ2v) is 8.44. The monoisotopic (exact) mass is 402 g/mol. The summed E-state index contributed by atoms with van der Waals surface area (Å²) in [5, 5.41) is 18.8. The van der Waals surface area contributed by atoms with E-state index in [2.05, 4.69) is 41.0 Å². The molecule has 0 atom stereocenters. The lowest BCUT2D eigenvalue weighted by molar-refractivity contribution is -0.133. The van der Waals surface area contributed by atoms with Crippen LogP contribution < -0.4 is 10.6 Å². The summed E-state index contributed by atoms with van der Waals surface area (Å²) in [7, 11) is 0. The second-order valence-electron chi connectivity index (χ2n) is 8.44. The highest BCUT2D eigenvalue weighted by atomic mass is 16.3. The maximum atomic E-state index is 13.3. The van der Waals surface area contributed by atoms with Gasteiger partial charge in [0.2, 0.25) is 5.91 Å². The van der Waals surface area contributed by atoms with Gasteiger partial charge in [-0.2, -0.15) is 0 Å². The Labute approximate surface area is 178 Å². The third-order valence-electron chi connectivity index (χ3n) is 6.31. The Hall–Kier alpha value is -2.85. The van der Waals surface area contributed by atoms with E-state index in [9.17, 15) is 9.90 Å². The van der Waals surface area contributed by atoms with Gasteiger partial charge < -0.3 is 15.7 Å². The zero-order chi connectivity index (χ0) is 20.8. The van der Waals surface area contributed by atoms with Crippen LogP contribution in [-0.2, 0) is 17.9 Å². The molecule has 0 spiro atoms. The molecule has 1 aliphatic rings. The SMILES string of the molecule is O=C(NCc1cccc2ccccc12)C1(CNCc2cccc(O)c2)CCCCC1. The van der Waals surface area contributed by atoms with Crippen molar-refractivity contribution in [2.24, 2.45) is 5.41 Å². The van der Waals surface area contributed by atoms with E-state index in [1.165, 1.54) is 17.2 Å². The lowest BCUT2D eigenvalue weighted by Crippen LogP contribution is -2.48. The number of benzene rings is 3. The number of hydrogen-bond acceptors (Lipinski definition) is 3. The van der Waals surface area contributed by atoms with Crippen molar-refractivity contribution in [3.8, 4) is 5.75 Å². The maximum Gasteiger partial charge on any atom is 0.227 e. The molecule has 0 radical (unpaired) electrons. The van der Waals surface area contributed by atoms with E-state index in [0.29, 0.717) is 19.6 Å². The number of phenolic OH excluding ortho intramolecular Hbond substituents is 1. The number of carbonyl (C=O) groups excluding carboxylic acids is 1. The van der Waals surface area contributed by atoms with Crippen LogP contribution in [0.2, 0.25) is 0 Å². The fraction of sp³-hybridized carbons (Fsp3) is 0.346. The van der Waals surface area contributed by atoms with Gasteiger partial charge in [0.05, 0.1) is 5.41 Å². The Kier molecular flexibility index (Phi) is 6.34. The Morgan fingerprint density at radius 3 is 2.50 bits per heavy atom. The van der Waals surface area contributed by atoms with Gasteiger partial charge in [0.25, 0.3) is 0 Å². The number of hydrogen-bond donors (Lipinski definition) is 3. The number of amides is 1. The average molecular weight is 403 g/mol. The van der Waals surface area contributed by atoms with Crippen molar-refractivity contribution in [3.63, 3.8) is 0 Å². The van der Waals surface area contributed by atoms with Crippen molar-refractivity contribution in [1.82, 2.24) is 10.6 Å². The molecule has 0 heterocycles. The number of carbonyl (C=O) groups is 1. The van der Waals surface area contributed by atoms with Gasteiger partial charge in [0.15, 0.2) is 0 Å². The Morgan fingerprint density at radius 1 is 0.900 bits per heavy atom. The van der Waals surface area contributed by atoms with Crippen LogP contribution >= 0.6 is 0 Å². The summed E-state index contributed by atoms with van der Waals surface area (Å²) in [5.41, 5.74) is 1.82. The molecule has 0 saturated heterocycles. The topological polar surface area (TPSA) is 61.4 Å². The highest BCUT2D eigenvalue weighted by molar-refractivity contribution is 5.87. The van der Waals surface area contributed by atoms with Crippen LogP contribution in [0.4, 0.5) is 0 Å². The van der Waals surface area contributed by atoms with Crippen LogP contribution in [0.3, 0.4) is 0 Å². The molecule has 0 aromatic heterocycles. The quantitative estimate of drug-likeness (QED) is 0.527. The molecular formula is C26H30N2O2. The largest absolute Gasteiger partial charge is 0.508 e. The lowest BCUT2D eigenvalue weighted by atomic mass is 9.73. The summed E-state index contributed by atoms with van der Waals surface area (Å²) in [4.78, 5) is 13.3. The first kappa shape index (κ1) is 20.4. The molecule has 4 nitrogen and oxygen atoms in total. The zero-order valence-electron chi connectivity index (χ0n) is 17.4. The van der Waals surface area contributed by atoms with Gasteiger partial charge in [-0.15, -0.1) is 0 Å². The van der Waals surface area contributed by atoms with Crippen molar-refractivity contribution in [3.05, 3.63) is 77.9 Å². The minimum atomic E-state index is -0.361. The van der Waals surface area contributed by atoms with Crippen LogP contribution in [0.25, 0.3) is 10.8 Å². The van der Waals surface area contributed by atoms with Gasteiger partial charge in [0.1, 0.15) is 5.75 Å². The van der Waals surface area contributed by atoms with Gasteiger partial charge in [-0.05, 0) is 46.9 Å². The predicted molar refractivity (Wildman–Crippen MR) is 121 cm³/mol. The Bertz CT molecular complexity index is 1000. The second kappa shape index (κ2) is 9.31. The standard InChI is InChI=1S/C26H30N2O2/c29-23-12-6-8-20(16-23)17-27-19-26(14-4-1-5-15-26)25(30)28-18-22-11-7-10-21-9-2-3-13-24(21)22/h2-3,6-13,16,27,29H,1,4-5,14-15,17-19H2,(H,28,30). The molecule has 3 aromatic carbocycles. The van der Waals surface area contributed by atoms with Crippen molar-refractivity contribution < 1.29 is 9.90 Å². The summed E-state index contributed by atoms with van der Waals surface area (Å²) in [6.07, 6.45) is 5.22. The highest BCUT2D eigenvalue weighted by Crippen LogP contribution is 2.36. The van der Waals surface area contributed by atoms with Crippen LogP contribution in [0.1, 0.15) is 43.2 Å². The lowest BCUT2D eigenvalue weighted by Gasteiger charge is -2.36. The summed E-state index contributed by atoms with van der Waals surface area (Å²) < 4.78 is 0. The highest BCUT2D eigenvalue weighted by Gasteiger charge is 2.38. The van der Waals surface area contributed by atoms with Gasteiger partial charge in [-0.1, -0.05) is 73.9 Å². The van der Waals surface area contributed by atoms with E-state index < -0.39 is 0 Å². The molecule has 1 fully saturated rings. The Morgan fingerprint density at radius 2 is 1.67 bits per heavy atom. The smallest absolute Gasteiger partial charge is 0.227 e. The number of phenols is 1. The molecule has 30 heavy (non-hydrogen) atoms. The van der Waals surface area contributed by atoms with Crippen molar-refractivity contribution in [1.29, 1.82) is 0 Å². The number of fused-ring (bicyclic) bond motifs is 1. The first-order valence-electron chi connectivity index (χ1n) is 10.9. The van der Waals surface area contributed by atoms with Crippen LogP contribution in [-0.4, -0.2) is 17.6 Å². The van der Waals surface area contributed by atoms with Gasteiger partial charge in [0, 0.05) is 19.6 Å². The number of nitrogens with one attached hydrogen (secondary N) is 2. The van der Waals surface area contributed by atoms with Crippen molar-refractivity contribution >= 4 is 16.7 Å². The molecule has 1 amide bonds. The average Bonchev–Trinajstić information content (AvgIpc) is 2.78. The molecule has 156 valence electrons. The van der Waals surface area contributed by atoms with E-state index in [4.69, 9.17) is 0 Å². The fourth-order valence-corrected chi connectivity index (χ4v) is 4.63. The van der Waals surface area contributed by atoms with E-state index in [0.717, 1.165) is 36.8 Å².